The minimum Gasteiger partial charge on any atom is -0.300 e. The van der Waals surface area contributed by atoms with Crippen molar-refractivity contribution >= 4 is 17.5 Å². The summed E-state index contributed by atoms with van der Waals surface area (Å²) in [5.41, 5.74) is 0. The molecule has 2 atom stereocenters. The summed E-state index contributed by atoms with van der Waals surface area (Å²) in [7, 11) is 0. The third kappa shape index (κ3) is 0.896. The first-order valence-corrected chi connectivity index (χ1v) is 4.47. The molecule has 2 unspecified atom stereocenters. The van der Waals surface area contributed by atoms with Gasteiger partial charge in [0.25, 0.3) is 0 Å². The molecule has 0 amide bonds. The van der Waals surface area contributed by atoms with E-state index in [0.717, 1.165) is 5.88 Å². The van der Waals surface area contributed by atoms with Crippen LogP contribution >= 0.6 is 11.8 Å². The Hall–Kier alpha value is -0.280. The van der Waals surface area contributed by atoms with E-state index in [1.165, 1.54) is 0 Å². The van der Waals surface area contributed by atoms with Crippen molar-refractivity contribution in [2.45, 2.75) is 17.7 Å². The quantitative estimate of drug-likeness (QED) is 0.518. The SMILES string of the molecule is O=C1CC=CC2NCSC12. The minimum atomic E-state index is 0.213. The van der Waals surface area contributed by atoms with Crippen LogP contribution in [0.5, 0.6) is 0 Å². The van der Waals surface area contributed by atoms with Crippen LogP contribution in [-0.2, 0) is 4.79 Å². The maximum Gasteiger partial charge on any atom is 0.151 e. The van der Waals surface area contributed by atoms with Crippen molar-refractivity contribution in [1.82, 2.24) is 5.32 Å². The fourth-order valence-electron chi connectivity index (χ4n) is 1.35. The molecular weight excluding hydrogens is 146 g/mol. The van der Waals surface area contributed by atoms with Crippen molar-refractivity contribution in [1.29, 1.82) is 0 Å². The van der Waals surface area contributed by atoms with E-state index < -0.39 is 0 Å². The summed E-state index contributed by atoms with van der Waals surface area (Å²) >= 11 is 1.72. The molecule has 1 aliphatic heterocycles. The molecule has 0 saturated carbocycles. The number of ketones is 1. The predicted octanol–water partition coefficient (Wildman–Crippen LogP) is 0.546. The third-order valence-electron chi connectivity index (χ3n) is 1.89. The lowest BCUT2D eigenvalue weighted by Crippen LogP contribution is -2.35. The monoisotopic (exact) mass is 155 g/mol. The molecular formula is C7H9NOS. The maximum atomic E-state index is 11.2. The second-order valence-electron chi connectivity index (χ2n) is 2.56. The molecule has 1 N–H and O–H groups in total. The Kier molecular flexibility index (Phi) is 1.54. The van der Waals surface area contributed by atoms with Crippen molar-refractivity contribution < 1.29 is 4.79 Å². The first-order chi connectivity index (χ1) is 4.88. The average Bonchev–Trinajstić information content (AvgIpc) is 2.36. The largest absolute Gasteiger partial charge is 0.300 e. The zero-order valence-electron chi connectivity index (χ0n) is 5.54. The Bertz CT molecular complexity index is 190. The lowest BCUT2D eigenvalue weighted by atomic mass is 10.0. The van der Waals surface area contributed by atoms with E-state index >= 15 is 0 Å². The Balaban J connectivity index is 2.22. The molecule has 0 spiro atoms. The molecule has 0 bridgehead atoms. The van der Waals surface area contributed by atoms with Gasteiger partial charge in [0, 0.05) is 18.3 Å². The number of Topliss-reactive ketones (excluding diaryl/α,β-unsaturated/α-hetero) is 1. The number of carbonyl (C=O) groups excluding carboxylic acids is 1. The normalized spacial score (nSPS) is 38.2. The van der Waals surface area contributed by atoms with Crippen LogP contribution in [0.15, 0.2) is 12.2 Å². The smallest absolute Gasteiger partial charge is 0.151 e. The molecule has 3 heteroatoms. The first kappa shape index (κ1) is 6.43. The van der Waals surface area contributed by atoms with Gasteiger partial charge in [0.2, 0.25) is 0 Å². The number of carbonyl (C=O) groups is 1. The van der Waals surface area contributed by atoms with Gasteiger partial charge in [-0.25, -0.2) is 0 Å². The summed E-state index contributed by atoms with van der Waals surface area (Å²) in [5, 5.41) is 3.46. The Morgan fingerprint density at radius 1 is 1.70 bits per heavy atom. The number of hydrogen-bond acceptors (Lipinski definition) is 3. The van der Waals surface area contributed by atoms with Gasteiger partial charge in [-0.15, -0.1) is 11.8 Å². The van der Waals surface area contributed by atoms with Crippen molar-refractivity contribution in [2.75, 3.05) is 5.88 Å². The minimum absolute atomic E-state index is 0.213. The highest BCUT2D eigenvalue weighted by Crippen LogP contribution is 2.26. The maximum absolute atomic E-state index is 11.2. The number of allylic oxidation sites excluding steroid dienone is 1. The molecule has 2 nitrogen and oxygen atoms in total. The molecule has 0 aromatic rings. The molecule has 2 rings (SSSR count). The highest BCUT2D eigenvalue weighted by molar-refractivity contribution is 8.00. The van der Waals surface area contributed by atoms with Gasteiger partial charge in [0.1, 0.15) is 0 Å². The van der Waals surface area contributed by atoms with Crippen LogP contribution in [0.4, 0.5) is 0 Å². The molecule has 1 fully saturated rings. The molecule has 10 heavy (non-hydrogen) atoms. The van der Waals surface area contributed by atoms with E-state index in [1.54, 1.807) is 11.8 Å². The standard InChI is InChI=1S/C7H9NOS/c9-6-3-1-2-5-7(6)10-4-8-5/h1-2,5,7-8H,3-4H2. The molecule has 1 saturated heterocycles. The van der Waals surface area contributed by atoms with E-state index in [-0.39, 0.29) is 5.25 Å². The van der Waals surface area contributed by atoms with Gasteiger partial charge in [-0.2, -0.15) is 0 Å². The average molecular weight is 155 g/mol. The van der Waals surface area contributed by atoms with Crippen molar-refractivity contribution in [3.8, 4) is 0 Å². The van der Waals surface area contributed by atoms with Gasteiger partial charge >= 0.3 is 0 Å². The number of thioether (sulfide) groups is 1. The van der Waals surface area contributed by atoms with Crippen LogP contribution in [0.2, 0.25) is 0 Å². The first-order valence-electron chi connectivity index (χ1n) is 3.42. The lowest BCUT2D eigenvalue weighted by molar-refractivity contribution is -0.118. The van der Waals surface area contributed by atoms with E-state index in [0.29, 0.717) is 18.2 Å². The number of hydrogen-bond donors (Lipinski definition) is 1. The molecule has 1 heterocycles. The van der Waals surface area contributed by atoms with Crippen molar-refractivity contribution in [3.63, 3.8) is 0 Å². The van der Waals surface area contributed by atoms with Gasteiger partial charge in [-0.05, 0) is 0 Å². The van der Waals surface area contributed by atoms with Crippen LogP contribution in [0.25, 0.3) is 0 Å². The van der Waals surface area contributed by atoms with Crippen molar-refractivity contribution in [3.05, 3.63) is 12.2 Å². The summed E-state index contributed by atoms with van der Waals surface area (Å²) in [4.78, 5) is 11.2. The second kappa shape index (κ2) is 2.40. The van der Waals surface area contributed by atoms with Crippen LogP contribution in [0.3, 0.4) is 0 Å². The van der Waals surface area contributed by atoms with Gasteiger partial charge in [-0.3, -0.25) is 4.79 Å². The molecule has 1 aliphatic carbocycles. The van der Waals surface area contributed by atoms with E-state index in [1.807, 2.05) is 6.08 Å². The van der Waals surface area contributed by atoms with Gasteiger partial charge < -0.3 is 5.32 Å². The Labute approximate surface area is 64.1 Å². The number of rotatable bonds is 0. The van der Waals surface area contributed by atoms with Gasteiger partial charge in [-0.1, -0.05) is 12.2 Å². The zero-order chi connectivity index (χ0) is 6.97. The predicted molar refractivity (Wildman–Crippen MR) is 41.9 cm³/mol. The molecule has 0 radical (unpaired) electrons. The Morgan fingerprint density at radius 2 is 2.60 bits per heavy atom. The lowest BCUT2D eigenvalue weighted by Gasteiger charge is -2.16. The summed E-state index contributed by atoms with van der Waals surface area (Å²) < 4.78 is 0. The van der Waals surface area contributed by atoms with E-state index in [2.05, 4.69) is 11.4 Å². The van der Waals surface area contributed by atoms with Crippen LogP contribution in [0.1, 0.15) is 6.42 Å². The van der Waals surface area contributed by atoms with Crippen LogP contribution in [0, 0.1) is 0 Å². The van der Waals surface area contributed by atoms with Crippen molar-refractivity contribution in [2.24, 2.45) is 0 Å². The summed E-state index contributed by atoms with van der Waals surface area (Å²) in [6.07, 6.45) is 4.70. The second-order valence-corrected chi connectivity index (χ2v) is 3.69. The summed E-state index contributed by atoms with van der Waals surface area (Å²) in [5.74, 6) is 1.30. The third-order valence-corrected chi connectivity index (χ3v) is 3.14. The fraction of sp³-hybridized carbons (Fsp3) is 0.571. The summed E-state index contributed by atoms with van der Waals surface area (Å²) in [6, 6.07) is 0.325. The molecule has 2 aliphatic rings. The number of nitrogens with one attached hydrogen (secondary N) is 1. The topological polar surface area (TPSA) is 29.1 Å². The van der Waals surface area contributed by atoms with E-state index in [9.17, 15) is 4.79 Å². The molecule has 0 aromatic carbocycles. The van der Waals surface area contributed by atoms with Gasteiger partial charge in [0.15, 0.2) is 5.78 Å². The van der Waals surface area contributed by atoms with Crippen LogP contribution < -0.4 is 5.32 Å². The molecule has 54 valence electrons. The van der Waals surface area contributed by atoms with Gasteiger partial charge in [0.05, 0.1) is 5.25 Å². The highest BCUT2D eigenvalue weighted by Gasteiger charge is 2.32. The number of fused-ring (bicyclic) bond motifs is 1. The molecule has 0 aromatic heterocycles. The Morgan fingerprint density at radius 3 is 3.40 bits per heavy atom. The van der Waals surface area contributed by atoms with E-state index in [4.69, 9.17) is 0 Å². The highest BCUT2D eigenvalue weighted by atomic mass is 32.2. The fourth-order valence-corrected chi connectivity index (χ4v) is 2.50. The zero-order valence-corrected chi connectivity index (χ0v) is 6.36. The van der Waals surface area contributed by atoms with Crippen LogP contribution in [-0.4, -0.2) is 23.0 Å². The summed E-state index contributed by atoms with van der Waals surface area (Å²) in [6.45, 7) is 0.